The minimum Gasteiger partial charge on any atom is -0.477 e. The third-order valence-corrected chi connectivity index (χ3v) is 8.61. The fourth-order valence-electron chi connectivity index (χ4n) is 5.16. The third-order valence-electron chi connectivity index (χ3n) is 7.27. The molecule has 3 aromatic rings. The Labute approximate surface area is 280 Å². The normalized spacial score (nSPS) is 17.3. The lowest BCUT2D eigenvalue weighted by atomic mass is 10.0. The van der Waals surface area contributed by atoms with Gasteiger partial charge in [-0.05, 0) is 17.7 Å². The predicted octanol–water partition coefficient (Wildman–Crippen LogP) is 1.42. The highest BCUT2D eigenvalue weighted by atomic mass is 32.2. The standard InChI is InChI=1S/C32H27N3O13S/c1-14(36)45-11-18-13-49-31-23(30(42)35(31)24(18)32(43)44)34-29(41)22(17-7-5-4-6-8-17)33-28(40)20-12-46-26-19(25(20)39)9-10-21(47-15(2)37)27(26)48-16(3)38/h4-10,12,22-23,31H,11,13H2,1-3H3,(H,33,40)(H,34,41)(H,43,44)/t22?,23-,31+/m1/s1. The number of carboxylic acid groups (broad SMARTS) is 1. The summed E-state index contributed by atoms with van der Waals surface area (Å²) < 4.78 is 20.6. The minimum absolute atomic E-state index is 0.105. The lowest BCUT2D eigenvalue weighted by molar-refractivity contribution is -0.151. The number of benzene rings is 2. The van der Waals surface area contributed by atoms with Crippen LogP contribution in [0.4, 0.5) is 0 Å². The van der Waals surface area contributed by atoms with Gasteiger partial charge in [0.1, 0.15) is 41.6 Å². The summed E-state index contributed by atoms with van der Waals surface area (Å²) in [6.45, 7) is 3.04. The van der Waals surface area contributed by atoms with Crippen molar-refractivity contribution in [2.45, 2.75) is 38.2 Å². The van der Waals surface area contributed by atoms with E-state index in [9.17, 15) is 43.5 Å². The van der Waals surface area contributed by atoms with E-state index < -0.39 is 70.0 Å². The smallest absolute Gasteiger partial charge is 0.352 e. The number of fused-ring (bicyclic) bond motifs is 2. The summed E-state index contributed by atoms with van der Waals surface area (Å²) in [6.07, 6.45) is 0.795. The highest BCUT2D eigenvalue weighted by molar-refractivity contribution is 8.00. The molecule has 2 aromatic carbocycles. The molecule has 0 radical (unpaired) electrons. The molecule has 254 valence electrons. The summed E-state index contributed by atoms with van der Waals surface area (Å²) in [4.78, 5) is 101. The first-order valence-electron chi connectivity index (χ1n) is 14.4. The summed E-state index contributed by atoms with van der Waals surface area (Å²) in [5.74, 6) is -6.63. The molecule has 3 amide bonds. The lowest BCUT2D eigenvalue weighted by Gasteiger charge is -2.49. The number of ether oxygens (including phenoxy) is 3. The Hall–Kier alpha value is -5.97. The Kier molecular flexibility index (Phi) is 9.84. The average Bonchev–Trinajstić information content (AvgIpc) is 3.05. The van der Waals surface area contributed by atoms with Crippen LogP contribution < -0.4 is 25.5 Å². The van der Waals surface area contributed by atoms with Gasteiger partial charge in [-0.3, -0.25) is 38.5 Å². The number of hydrogen-bond donors (Lipinski definition) is 3. The van der Waals surface area contributed by atoms with Crippen LogP contribution in [0.2, 0.25) is 0 Å². The van der Waals surface area contributed by atoms with E-state index in [4.69, 9.17) is 18.6 Å². The zero-order valence-corrected chi connectivity index (χ0v) is 26.8. The molecule has 5 rings (SSSR count). The number of rotatable bonds is 10. The van der Waals surface area contributed by atoms with Crippen LogP contribution in [-0.4, -0.2) is 75.4 Å². The van der Waals surface area contributed by atoms with Crippen molar-refractivity contribution in [3.8, 4) is 11.5 Å². The maximum absolute atomic E-state index is 13.7. The molecule has 2 aliphatic heterocycles. The van der Waals surface area contributed by atoms with Crippen LogP contribution in [0.25, 0.3) is 11.0 Å². The van der Waals surface area contributed by atoms with Crippen LogP contribution in [-0.2, 0) is 33.5 Å². The summed E-state index contributed by atoms with van der Waals surface area (Å²) in [7, 11) is 0. The van der Waals surface area contributed by atoms with Gasteiger partial charge in [0.05, 0.1) is 5.39 Å². The van der Waals surface area contributed by atoms with Gasteiger partial charge in [-0.1, -0.05) is 30.3 Å². The monoisotopic (exact) mass is 693 g/mol. The number of esters is 3. The predicted molar refractivity (Wildman–Crippen MR) is 168 cm³/mol. The number of thioether (sulfide) groups is 1. The fraction of sp³-hybridized carbons (Fsp3) is 0.250. The highest BCUT2D eigenvalue weighted by Crippen LogP contribution is 2.41. The average molecular weight is 694 g/mol. The molecule has 17 heteroatoms. The number of carboxylic acids is 1. The van der Waals surface area contributed by atoms with Gasteiger partial charge in [0.15, 0.2) is 11.3 Å². The van der Waals surface area contributed by atoms with Gasteiger partial charge >= 0.3 is 23.9 Å². The second-order valence-corrected chi connectivity index (χ2v) is 11.8. The molecule has 0 spiro atoms. The largest absolute Gasteiger partial charge is 0.477 e. The van der Waals surface area contributed by atoms with Crippen LogP contribution in [0.1, 0.15) is 42.7 Å². The van der Waals surface area contributed by atoms with Crippen molar-refractivity contribution >= 4 is 64.3 Å². The number of carbonyl (C=O) groups excluding carboxylic acids is 6. The Morgan fingerprint density at radius 1 is 0.980 bits per heavy atom. The maximum atomic E-state index is 13.7. The van der Waals surface area contributed by atoms with Crippen molar-refractivity contribution in [2.24, 2.45) is 0 Å². The van der Waals surface area contributed by atoms with Crippen molar-refractivity contribution in [1.29, 1.82) is 0 Å². The van der Waals surface area contributed by atoms with Crippen LogP contribution in [0, 0.1) is 0 Å². The number of aliphatic carboxylic acids is 1. The van der Waals surface area contributed by atoms with E-state index in [2.05, 4.69) is 10.6 Å². The van der Waals surface area contributed by atoms with E-state index in [1.807, 2.05) is 0 Å². The van der Waals surface area contributed by atoms with Crippen molar-refractivity contribution in [3.63, 3.8) is 0 Å². The number of β-lactam (4-membered cyclic amide) rings is 1. The molecule has 1 aromatic heterocycles. The molecule has 3 N–H and O–H groups in total. The Bertz CT molecular complexity index is 2010. The third kappa shape index (κ3) is 7.01. The fourth-order valence-corrected chi connectivity index (χ4v) is 6.49. The lowest BCUT2D eigenvalue weighted by Crippen LogP contribution is -2.71. The molecule has 3 atom stereocenters. The molecule has 2 aliphatic rings. The van der Waals surface area contributed by atoms with Crippen LogP contribution in [0.15, 0.2) is 69.2 Å². The van der Waals surface area contributed by atoms with Crippen LogP contribution >= 0.6 is 11.8 Å². The summed E-state index contributed by atoms with van der Waals surface area (Å²) in [6, 6.07) is 7.74. The van der Waals surface area contributed by atoms with Crippen molar-refractivity contribution < 1.29 is 57.3 Å². The van der Waals surface area contributed by atoms with Crippen molar-refractivity contribution in [2.75, 3.05) is 12.4 Å². The first-order valence-corrected chi connectivity index (χ1v) is 15.5. The van der Waals surface area contributed by atoms with Crippen molar-refractivity contribution in [1.82, 2.24) is 15.5 Å². The molecule has 1 saturated heterocycles. The maximum Gasteiger partial charge on any atom is 0.352 e. The molecule has 3 heterocycles. The van der Waals surface area contributed by atoms with Gasteiger partial charge in [0.2, 0.25) is 17.1 Å². The van der Waals surface area contributed by atoms with Crippen molar-refractivity contribution in [3.05, 3.63) is 81.3 Å². The SMILES string of the molecule is CC(=O)OCC1=C(C(=O)O)N2C(=O)[C@@H](NC(=O)C(NC(=O)c3coc4c(OC(C)=O)c(OC(C)=O)ccc4c3=O)c3ccccc3)[C@@H]2SC1. The van der Waals surface area contributed by atoms with E-state index in [1.165, 1.54) is 31.2 Å². The van der Waals surface area contributed by atoms with Gasteiger partial charge in [-0.15, -0.1) is 11.8 Å². The summed E-state index contributed by atoms with van der Waals surface area (Å²) in [5.41, 5.74) is -1.51. The number of nitrogens with zero attached hydrogens (tertiary/aromatic N) is 1. The molecule has 0 aliphatic carbocycles. The van der Waals surface area contributed by atoms with E-state index in [0.717, 1.165) is 36.8 Å². The zero-order chi connectivity index (χ0) is 35.6. The molecule has 49 heavy (non-hydrogen) atoms. The molecule has 0 saturated carbocycles. The second-order valence-electron chi connectivity index (χ2n) is 10.7. The van der Waals surface area contributed by atoms with E-state index in [0.29, 0.717) is 0 Å². The molecular weight excluding hydrogens is 666 g/mol. The Morgan fingerprint density at radius 3 is 2.31 bits per heavy atom. The minimum atomic E-state index is -1.43. The topological polar surface area (TPSA) is 225 Å². The molecule has 1 fully saturated rings. The second kappa shape index (κ2) is 14.0. The molecule has 0 bridgehead atoms. The number of hydrogen-bond acceptors (Lipinski definition) is 13. The number of nitrogens with one attached hydrogen (secondary N) is 2. The Morgan fingerprint density at radius 2 is 1.67 bits per heavy atom. The number of carbonyl (C=O) groups is 7. The van der Waals surface area contributed by atoms with Gasteiger partial charge in [-0.2, -0.15) is 0 Å². The van der Waals surface area contributed by atoms with E-state index in [1.54, 1.807) is 18.2 Å². The zero-order valence-electron chi connectivity index (χ0n) is 26.0. The first-order chi connectivity index (χ1) is 23.3. The van der Waals surface area contributed by atoms with Gasteiger partial charge in [0, 0.05) is 32.1 Å². The van der Waals surface area contributed by atoms with E-state index in [-0.39, 0.29) is 51.7 Å². The highest BCUT2D eigenvalue weighted by Gasteiger charge is 2.54. The Balaban J connectivity index is 1.41. The summed E-state index contributed by atoms with van der Waals surface area (Å²) >= 11 is 1.16. The molecular formula is C32H27N3O13S. The van der Waals surface area contributed by atoms with E-state index >= 15 is 0 Å². The van der Waals surface area contributed by atoms with Gasteiger partial charge < -0.3 is 34.4 Å². The van der Waals surface area contributed by atoms with Gasteiger partial charge in [-0.25, -0.2) is 4.79 Å². The number of amides is 3. The quantitative estimate of drug-likeness (QED) is 0.155. The van der Waals surface area contributed by atoms with Crippen LogP contribution in [0.3, 0.4) is 0 Å². The molecule has 1 unspecified atom stereocenters. The summed E-state index contributed by atoms with van der Waals surface area (Å²) in [5, 5.41) is 13.9. The van der Waals surface area contributed by atoms with Crippen LogP contribution in [0.5, 0.6) is 11.5 Å². The van der Waals surface area contributed by atoms with Gasteiger partial charge in [0.25, 0.3) is 11.8 Å². The molecule has 16 nitrogen and oxygen atoms in total. The first kappa shape index (κ1) is 34.4.